The molecule has 0 aliphatic carbocycles. The van der Waals surface area contributed by atoms with Crippen LogP contribution in [0.25, 0.3) is 0 Å². The summed E-state index contributed by atoms with van der Waals surface area (Å²) >= 11 is 1.44. The molecule has 0 saturated heterocycles. The van der Waals surface area contributed by atoms with Crippen molar-refractivity contribution in [2.24, 2.45) is 0 Å². The molecule has 0 fully saturated rings. The van der Waals surface area contributed by atoms with Crippen LogP contribution < -0.4 is 5.32 Å². The van der Waals surface area contributed by atoms with E-state index in [0.717, 1.165) is 22.9 Å². The summed E-state index contributed by atoms with van der Waals surface area (Å²) in [7, 11) is 0. The standard InChI is InChI=1S/C15H18FN3S/c1-3-7-18-11(2)15-12(16)5-4-6-13(15)20-14-10-17-8-9-19-14/h4-6,8-11,18H,3,7H2,1-2H3. The normalized spacial score (nSPS) is 12.3. The van der Waals surface area contributed by atoms with Crippen molar-refractivity contribution >= 4 is 11.8 Å². The number of benzene rings is 1. The van der Waals surface area contributed by atoms with E-state index in [0.29, 0.717) is 5.56 Å². The van der Waals surface area contributed by atoms with Gasteiger partial charge in [0.15, 0.2) is 0 Å². The molecular weight excluding hydrogens is 273 g/mol. The van der Waals surface area contributed by atoms with Gasteiger partial charge in [0.25, 0.3) is 0 Å². The van der Waals surface area contributed by atoms with Gasteiger partial charge in [-0.2, -0.15) is 0 Å². The van der Waals surface area contributed by atoms with Crippen LogP contribution in [-0.2, 0) is 0 Å². The van der Waals surface area contributed by atoms with Crippen LogP contribution in [0.2, 0.25) is 0 Å². The summed E-state index contributed by atoms with van der Waals surface area (Å²) in [6, 6.07) is 5.11. The number of halogens is 1. The minimum absolute atomic E-state index is 0.0321. The third-order valence-electron chi connectivity index (χ3n) is 2.90. The van der Waals surface area contributed by atoms with Crippen molar-refractivity contribution in [1.82, 2.24) is 15.3 Å². The molecule has 1 unspecified atom stereocenters. The Morgan fingerprint density at radius 2 is 2.20 bits per heavy atom. The van der Waals surface area contributed by atoms with Crippen LogP contribution in [-0.4, -0.2) is 16.5 Å². The van der Waals surface area contributed by atoms with E-state index in [9.17, 15) is 4.39 Å². The van der Waals surface area contributed by atoms with Gasteiger partial charge in [-0.05, 0) is 32.0 Å². The Labute approximate surface area is 123 Å². The van der Waals surface area contributed by atoms with E-state index in [1.165, 1.54) is 17.8 Å². The van der Waals surface area contributed by atoms with Crippen molar-refractivity contribution < 1.29 is 4.39 Å². The highest BCUT2D eigenvalue weighted by Gasteiger charge is 2.16. The fourth-order valence-corrected chi connectivity index (χ4v) is 2.92. The Bertz CT molecular complexity index is 548. The number of nitrogens with zero attached hydrogens (tertiary/aromatic N) is 2. The highest BCUT2D eigenvalue weighted by atomic mass is 32.2. The van der Waals surface area contributed by atoms with E-state index < -0.39 is 0 Å². The Hall–Kier alpha value is -1.46. The summed E-state index contributed by atoms with van der Waals surface area (Å²) in [5.41, 5.74) is 0.691. The summed E-state index contributed by atoms with van der Waals surface area (Å²) in [6.45, 7) is 4.94. The molecule has 1 N–H and O–H groups in total. The first kappa shape index (κ1) is 14.9. The molecule has 0 amide bonds. The van der Waals surface area contributed by atoms with E-state index >= 15 is 0 Å². The summed E-state index contributed by atoms with van der Waals surface area (Å²) in [5.74, 6) is -0.185. The summed E-state index contributed by atoms with van der Waals surface area (Å²) in [4.78, 5) is 9.14. The SMILES string of the molecule is CCCNC(C)c1c(F)cccc1Sc1cnccn1. The van der Waals surface area contributed by atoms with Crippen LogP contribution >= 0.6 is 11.8 Å². The lowest BCUT2D eigenvalue weighted by Crippen LogP contribution is -2.21. The Morgan fingerprint density at radius 1 is 1.35 bits per heavy atom. The molecule has 0 radical (unpaired) electrons. The van der Waals surface area contributed by atoms with E-state index in [1.807, 2.05) is 13.0 Å². The molecule has 3 nitrogen and oxygen atoms in total. The Kier molecular flexibility index (Phi) is 5.49. The van der Waals surface area contributed by atoms with Gasteiger partial charge in [-0.15, -0.1) is 0 Å². The van der Waals surface area contributed by atoms with E-state index in [1.54, 1.807) is 24.7 Å². The van der Waals surface area contributed by atoms with Crippen LogP contribution in [0.5, 0.6) is 0 Å². The molecule has 2 rings (SSSR count). The average molecular weight is 291 g/mol. The van der Waals surface area contributed by atoms with Crippen LogP contribution in [0, 0.1) is 5.82 Å². The van der Waals surface area contributed by atoms with Gasteiger partial charge in [0, 0.05) is 28.9 Å². The van der Waals surface area contributed by atoms with Crippen molar-refractivity contribution in [3.8, 4) is 0 Å². The molecule has 0 bridgehead atoms. The predicted molar refractivity (Wildman–Crippen MR) is 79.3 cm³/mol. The lowest BCUT2D eigenvalue weighted by molar-refractivity contribution is 0.519. The zero-order valence-corrected chi connectivity index (χ0v) is 12.5. The zero-order valence-electron chi connectivity index (χ0n) is 11.6. The smallest absolute Gasteiger partial charge is 0.129 e. The van der Waals surface area contributed by atoms with Gasteiger partial charge in [0.1, 0.15) is 10.8 Å². The second-order valence-electron chi connectivity index (χ2n) is 4.47. The molecule has 0 aliphatic rings. The topological polar surface area (TPSA) is 37.8 Å². The van der Waals surface area contributed by atoms with Crippen molar-refractivity contribution in [2.45, 2.75) is 36.2 Å². The second-order valence-corrected chi connectivity index (χ2v) is 5.54. The maximum Gasteiger partial charge on any atom is 0.129 e. The third-order valence-corrected chi connectivity index (χ3v) is 3.90. The average Bonchev–Trinajstić information content (AvgIpc) is 2.46. The molecule has 0 aliphatic heterocycles. The van der Waals surface area contributed by atoms with Gasteiger partial charge < -0.3 is 5.32 Å². The molecule has 5 heteroatoms. The summed E-state index contributed by atoms with van der Waals surface area (Å²) in [5, 5.41) is 4.09. The molecule has 106 valence electrons. The number of hydrogen-bond donors (Lipinski definition) is 1. The van der Waals surface area contributed by atoms with Crippen LogP contribution in [0.15, 0.2) is 46.7 Å². The van der Waals surface area contributed by atoms with E-state index in [2.05, 4.69) is 22.2 Å². The molecular formula is C15H18FN3S. The first-order valence-corrected chi connectivity index (χ1v) is 7.49. The van der Waals surface area contributed by atoms with Crippen molar-refractivity contribution in [3.63, 3.8) is 0 Å². The molecule has 0 saturated carbocycles. The first-order valence-electron chi connectivity index (χ1n) is 6.68. The molecule has 0 spiro atoms. The fourth-order valence-electron chi connectivity index (χ4n) is 1.94. The van der Waals surface area contributed by atoms with E-state index in [-0.39, 0.29) is 11.9 Å². The molecule has 1 atom stereocenters. The van der Waals surface area contributed by atoms with Gasteiger partial charge in [-0.1, -0.05) is 24.8 Å². The van der Waals surface area contributed by atoms with Gasteiger partial charge in [0.05, 0.1) is 6.20 Å². The number of aromatic nitrogens is 2. The number of hydrogen-bond acceptors (Lipinski definition) is 4. The van der Waals surface area contributed by atoms with Gasteiger partial charge >= 0.3 is 0 Å². The van der Waals surface area contributed by atoms with Gasteiger partial charge in [-0.3, -0.25) is 4.98 Å². The van der Waals surface area contributed by atoms with Crippen LogP contribution in [0.4, 0.5) is 4.39 Å². The minimum Gasteiger partial charge on any atom is -0.310 e. The summed E-state index contributed by atoms with van der Waals surface area (Å²) < 4.78 is 14.1. The maximum absolute atomic E-state index is 14.1. The third kappa shape index (κ3) is 3.77. The monoisotopic (exact) mass is 291 g/mol. The summed E-state index contributed by atoms with van der Waals surface area (Å²) in [6.07, 6.45) is 5.97. The zero-order chi connectivity index (χ0) is 14.4. The van der Waals surface area contributed by atoms with Crippen LogP contribution in [0.3, 0.4) is 0 Å². The molecule has 2 aromatic rings. The van der Waals surface area contributed by atoms with Crippen molar-refractivity contribution in [3.05, 3.63) is 48.2 Å². The maximum atomic E-state index is 14.1. The number of nitrogens with one attached hydrogen (secondary N) is 1. The highest BCUT2D eigenvalue weighted by Crippen LogP contribution is 2.33. The van der Waals surface area contributed by atoms with Crippen molar-refractivity contribution in [1.29, 1.82) is 0 Å². The predicted octanol–water partition coefficient (Wildman–Crippen LogP) is 3.83. The number of rotatable bonds is 6. The van der Waals surface area contributed by atoms with Crippen molar-refractivity contribution in [2.75, 3.05) is 6.54 Å². The van der Waals surface area contributed by atoms with E-state index in [4.69, 9.17) is 0 Å². The van der Waals surface area contributed by atoms with Crippen LogP contribution in [0.1, 0.15) is 31.9 Å². The fraction of sp³-hybridized carbons (Fsp3) is 0.333. The minimum atomic E-state index is -0.185. The second kappa shape index (κ2) is 7.36. The Balaban J connectivity index is 2.26. The largest absolute Gasteiger partial charge is 0.310 e. The van der Waals surface area contributed by atoms with Gasteiger partial charge in [-0.25, -0.2) is 9.37 Å². The lowest BCUT2D eigenvalue weighted by atomic mass is 10.1. The molecule has 1 aromatic heterocycles. The lowest BCUT2D eigenvalue weighted by Gasteiger charge is -2.18. The Morgan fingerprint density at radius 3 is 2.90 bits per heavy atom. The highest BCUT2D eigenvalue weighted by molar-refractivity contribution is 7.99. The quantitative estimate of drug-likeness (QED) is 0.878. The molecule has 1 heterocycles. The van der Waals surface area contributed by atoms with Gasteiger partial charge in [0.2, 0.25) is 0 Å². The molecule has 20 heavy (non-hydrogen) atoms. The first-order chi connectivity index (χ1) is 9.72. The molecule has 1 aromatic carbocycles.